The minimum atomic E-state index is 0.449. The Labute approximate surface area is 156 Å². The SMILES string of the molecule is CN=C(NCCc1nc(-c2ccco2)n[nH]1)NCc1nc(C(C)C)cs1. The average Bonchev–Trinajstić information content (AvgIpc) is 3.39. The number of aromatic amines is 1. The highest BCUT2D eigenvalue weighted by molar-refractivity contribution is 7.09. The quantitative estimate of drug-likeness (QED) is 0.434. The van der Waals surface area contributed by atoms with E-state index in [0.29, 0.717) is 37.0 Å². The van der Waals surface area contributed by atoms with Crippen LogP contribution in [0.2, 0.25) is 0 Å². The maximum Gasteiger partial charge on any atom is 0.216 e. The summed E-state index contributed by atoms with van der Waals surface area (Å²) < 4.78 is 5.29. The molecule has 3 aromatic heterocycles. The van der Waals surface area contributed by atoms with Crippen LogP contribution in [0.3, 0.4) is 0 Å². The van der Waals surface area contributed by atoms with Crippen molar-refractivity contribution >= 4 is 17.3 Å². The maximum absolute atomic E-state index is 5.29. The zero-order valence-corrected chi connectivity index (χ0v) is 15.9. The summed E-state index contributed by atoms with van der Waals surface area (Å²) in [5.41, 5.74) is 1.13. The number of H-pyrrole nitrogens is 1. The number of nitrogens with one attached hydrogen (secondary N) is 3. The summed E-state index contributed by atoms with van der Waals surface area (Å²) in [5, 5.41) is 16.8. The molecule has 26 heavy (non-hydrogen) atoms. The lowest BCUT2D eigenvalue weighted by atomic mass is 10.2. The van der Waals surface area contributed by atoms with Gasteiger partial charge in [0.05, 0.1) is 18.5 Å². The van der Waals surface area contributed by atoms with Crippen LogP contribution in [-0.2, 0) is 13.0 Å². The van der Waals surface area contributed by atoms with Crippen LogP contribution >= 0.6 is 11.3 Å². The van der Waals surface area contributed by atoms with E-state index >= 15 is 0 Å². The lowest BCUT2D eigenvalue weighted by Crippen LogP contribution is -2.37. The van der Waals surface area contributed by atoms with Crippen molar-refractivity contribution in [3.63, 3.8) is 0 Å². The van der Waals surface area contributed by atoms with Crippen LogP contribution in [0.5, 0.6) is 0 Å². The molecule has 3 N–H and O–H groups in total. The summed E-state index contributed by atoms with van der Waals surface area (Å²) in [6.45, 7) is 5.63. The Kier molecular flexibility index (Phi) is 6.00. The minimum absolute atomic E-state index is 0.449. The zero-order valence-electron chi connectivity index (χ0n) is 15.1. The number of hydrogen-bond donors (Lipinski definition) is 3. The number of aromatic nitrogens is 4. The van der Waals surface area contributed by atoms with Gasteiger partial charge in [-0.1, -0.05) is 13.8 Å². The van der Waals surface area contributed by atoms with Crippen molar-refractivity contribution in [3.05, 3.63) is 40.3 Å². The smallest absolute Gasteiger partial charge is 0.216 e. The number of aliphatic imine (C=N–C) groups is 1. The Hall–Kier alpha value is -2.68. The van der Waals surface area contributed by atoms with E-state index in [1.165, 1.54) is 0 Å². The zero-order chi connectivity index (χ0) is 18.4. The summed E-state index contributed by atoms with van der Waals surface area (Å²) in [6.07, 6.45) is 2.30. The van der Waals surface area contributed by atoms with Gasteiger partial charge in [0.2, 0.25) is 5.82 Å². The van der Waals surface area contributed by atoms with Gasteiger partial charge in [0, 0.05) is 25.4 Å². The van der Waals surface area contributed by atoms with Gasteiger partial charge in [-0.05, 0) is 18.1 Å². The molecule has 0 atom stereocenters. The van der Waals surface area contributed by atoms with Crippen molar-refractivity contribution in [3.8, 4) is 11.6 Å². The molecular weight excluding hydrogens is 350 g/mol. The third-order valence-electron chi connectivity index (χ3n) is 3.72. The van der Waals surface area contributed by atoms with Gasteiger partial charge < -0.3 is 15.1 Å². The second-order valence-corrected chi connectivity index (χ2v) is 6.95. The second kappa shape index (κ2) is 8.61. The van der Waals surface area contributed by atoms with E-state index < -0.39 is 0 Å². The molecule has 138 valence electrons. The summed E-state index contributed by atoms with van der Waals surface area (Å²) in [7, 11) is 1.75. The number of furan rings is 1. The van der Waals surface area contributed by atoms with Crippen LogP contribution in [0.1, 0.15) is 36.3 Å². The molecule has 3 heterocycles. The van der Waals surface area contributed by atoms with Crippen molar-refractivity contribution in [1.82, 2.24) is 30.8 Å². The third kappa shape index (κ3) is 4.69. The minimum Gasteiger partial charge on any atom is -0.461 e. The Balaban J connectivity index is 1.44. The molecule has 0 spiro atoms. The number of thiazole rings is 1. The van der Waals surface area contributed by atoms with Crippen molar-refractivity contribution in [2.24, 2.45) is 4.99 Å². The van der Waals surface area contributed by atoms with Crippen LogP contribution in [0.15, 0.2) is 33.2 Å². The van der Waals surface area contributed by atoms with Crippen molar-refractivity contribution in [2.45, 2.75) is 32.7 Å². The molecule has 0 fully saturated rings. The summed E-state index contributed by atoms with van der Waals surface area (Å²) in [5.74, 6) is 3.20. The van der Waals surface area contributed by atoms with Gasteiger partial charge in [-0.3, -0.25) is 10.1 Å². The molecule has 0 aromatic carbocycles. The van der Waals surface area contributed by atoms with Gasteiger partial charge in [0.1, 0.15) is 10.8 Å². The topological polar surface area (TPSA) is 104 Å². The van der Waals surface area contributed by atoms with Crippen molar-refractivity contribution in [2.75, 3.05) is 13.6 Å². The first kappa shape index (κ1) is 18.1. The van der Waals surface area contributed by atoms with E-state index in [-0.39, 0.29) is 0 Å². The van der Waals surface area contributed by atoms with Crippen LogP contribution < -0.4 is 10.6 Å². The van der Waals surface area contributed by atoms with Crippen molar-refractivity contribution in [1.29, 1.82) is 0 Å². The molecule has 0 aliphatic rings. The fourth-order valence-corrected chi connectivity index (χ4v) is 3.17. The van der Waals surface area contributed by atoms with Crippen LogP contribution in [0, 0.1) is 0 Å². The molecule has 0 amide bonds. The molecule has 0 saturated carbocycles. The monoisotopic (exact) mass is 373 g/mol. The Bertz CT molecular complexity index is 835. The third-order valence-corrected chi connectivity index (χ3v) is 4.59. The highest BCUT2D eigenvalue weighted by Crippen LogP contribution is 2.17. The predicted molar refractivity (Wildman–Crippen MR) is 102 cm³/mol. The average molecular weight is 373 g/mol. The van der Waals surface area contributed by atoms with Gasteiger partial charge in [0.25, 0.3) is 0 Å². The van der Waals surface area contributed by atoms with E-state index in [9.17, 15) is 0 Å². The number of rotatable bonds is 7. The number of guanidine groups is 1. The van der Waals surface area contributed by atoms with Crippen LogP contribution in [0.25, 0.3) is 11.6 Å². The normalized spacial score (nSPS) is 11.9. The highest BCUT2D eigenvalue weighted by atomic mass is 32.1. The molecule has 0 bridgehead atoms. The molecule has 0 aliphatic carbocycles. The molecule has 3 rings (SSSR count). The van der Waals surface area contributed by atoms with Gasteiger partial charge in [-0.25, -0.2) is 9.97 Å². The van der Waals surface area contributed by atoms with Gasteiger partial charge in [-0.15, -0.1) is 11.3 Å². The standard InChI is InChI=1S/C17H23N7OS/c1-11(2)12-10-26-15(21-12)9-20-17(18-3)19-7-6-14-22-16(24-23-14)13-5-4-8-25-13/h4-5,8,10-11H,6-7,9H2,1-3H3,(H2,18,19,20)(H,22,23,24). The van der Waals surface area contributed by atoms with Gasteiger partial charge in [0.15, 0.2) is 11.7 Å². The summed E-state index contributed by atoms with van der Waals surface area (Å²) in [4.78, 5) is 13.3. The summed E-state index contributed by atoms with van der Waals surface area (Å²) >= 11 is 1.66. The van der Waals surface area contributed by atoms with Crippen LogP contribution in [0.4, 0.5) is 0 Å². The van der Waals surface area contributed by atoms with E-state index in [0.717, 1.165) is 22.5 Å². The predicted octanol–water partition coefficient (Wildman–Crippen LogP) is 2.55. The van der Waals surface area contributed by atoms with Crippen LogP contribution in [-0.4, -0.2) is 39.7 Å². The lowest BCUT2D eigenvalue weighted by molar-refractivity contribution is 0.577. The molecule has 0 aliphatic heterocycles. The lowest BCUT2D eigenvalue weighted by Gasteiger charge is -2.10. The molecule has 3 aromatic rings. The number of hydrogen-bond acceptors (Lipinski definition) is 6. The molecule has 0 radical (unpaired) electrons. The summed E-state index contributed by atoms with van der Waals surface area (Å²) in [6, 6.07) is 3.65. The first-order chi connectivity index (χ1) is 12.7. The molecule has 9 heteroatoms. The Morgan fingerprint density at radius 3 is 2.92 bits per heavy atom. The fraction of sp³-hybridized carbons (Fsp3) is 0.412. The largest absolute Gasteiger partial charge is 0.461 e. The Morgan fingerprint density at radius 2 is 2.23 bits per heavy atom. The molecule has 0 saturated heterocycles. The fourth-order valence-electron chi connectivity index (χ4n) is 2.27. The van der Waals surface area contributed by atoms with E-state index in [2.05, 4.69) is 55.0 Å². The van der Waals surface area contributed by atoms with E-state index in [1.807, 2.05) is 12.1 Å². The molecule has 8 nitrogen and oxygen atoms in total. The second-order valence-electron chi connectivity index (χ2n) is 6.01. The van der Waals surface area contributed by atoms with Gasteiger partial charge >= 0.3 is 0 Å². The van der Waals surface area contributed by atoms with Crippen molar-refractivity contribution < 1.29 is 4.42 Å². The molecular formula is C17H23N7OS. The number of nitrogens with zero attached hydrogens (tertiary/aromatic N) is 4. The maximum atomic E-state index is 5.29. The van der Waals surface area contributed by atoms with E-state index in [4.69, 9.17) is 4.42 Å². The Morgan fingerprint density at radius 1 is 1.35 bits per heavy atom. The molecule has 0 unspecified atom stereocenters. The van der Waals surface area contributed by atoms with E-state index in [1.54, 1.807) is 24.6 Å². The first-order valence-corrected chi connectivity index (χ1v) is 9.37. The highest BCUT2D eigenvalue weighted by Gasteiger charge is 2.09. The first-order valence-electron chi connectivity index (χ1n) is 8.49. The van der Waals surface area contributed by atoms with Gasteiger partial charge in [-0.2, -0.15) is 5.10 Å².